The van der Waals surface area contributed by atoms with Gasteiger partial charge in [0.15, 0.2) is 0 Å². The van der Waals surface area contributed by atoms with Crippen molar-refractivity contribution in [3.8, 4) is 5.75 Å². The number of hydrogen-bond acceptors (Lipinski definition) is 4. The van der Waals surface area contributed by atoms with Gasteiger partial charge in [-0.05, 0) is 49.2 Å². The van der Waals surface area contributed by atoms with Crippen LogP contribution in [0.5, 0.6) is 5.75 Å². The van der Waals surface area contributed by atoms with E-state index < -0.39 is 0 Å². The molecule has 0 aliphatic carbocycles. The monoisotopic (exact) mass is 279 g/mol. The summed E-state index contributed by atoms with van der Waals surface area (Å²) in [6.07, 6.45) is 4.29. The lowest BCUT2D eigenvalue weighted by atomic mass is 10.1. The molecule has 0 fully saturated rings. The Bertz CT molecular complexity index is 740. The quantitative estimate of drug-likeness (QED) is 0.768. The molecule has 1 atom stereocenters. The molecule has 0 bridgehead atoms. The van der Waals surface area contributed by atoms with Crippen LogP contribution in [0.2, 0.25) is 0 Å². The van der Waals surface area contributed by atoms with Crippen LogP contribution in [0.1, 0.15) is 12.5 Å². The molecule has 3 rings (SSSR count). The van der Waals surface area contributed by atoms with E-state index in [2.05, 4.69) is 22.2 Å². The van der Waals surface area contributed by atoms with E-state index in [0.29, 0.717) is 5.75 Å². The fourth-order valence-corrected chi connectivity index (χ4v) is 2.37. The van der Waals surface area contributed by atoms with Gasteiger partial charge in [-0.25, -0.2) is 0 Å². The Labute approximate surface area is 123 Å². The van der Waals surface area contributed by atoms with Gasteiger partial charge in [0.2, 0.25) is 0 Å². The first-order valence-electron chi connectivity index (χ1n) is 6.96. The van der Waals surface area contributed by atoms with E-state index in [0.717, 1.165) is 23.1 Å². The SMILES string of the molecule is CC(Cc1ccc(O)cc1)Nc1ccc2nccnc2c1. The average molecular weight is 279 g/mol. The second-order valence-corrected chi connectivity index (χ2v) is 5.18. The molecule has 106 valence electrons. The van der Waals surface area contributed by atoms with Crippen LogP contribution in [0.15, 0.2) is 54.9 Å². The molecule has 0 aliphatic heterocycles. The van der Waals surface area contributed by atoms with Gasteiger partial charge in [-0.1, -0.05) is 12.1 Å². The Balaban J connectivity index is 1.70. The average Bonchev–Trinajstić information content (AvgIpc) is 2.49. The van der Waals surface area contributed by atoms with Crippen LogP contribution in [-0.2, 0) is 6.42 Å². The minimum atomic E-state index is 0.281. The number of anilines is 1. The second kappa shape index (κ2) is 5.79. The molecule has 0 spiro atoms. The number of nitrogens with zero attached hydrogens (tertiary/aromatic N) is 2. The van der Waals surface area contributed by atoms with E-state index in [4.69, 9.17) is 0 Å². The van der Waals surface area contributed by atoms with Crippen molar-refractivity contribution in [3.05, 3.63) is 60.4 Å². The van der Waals surface area contributed by atoms with E-state index in [1.54, 1.807) is 24.5 Å². The number of aromatic nitrogens is 2. The molecular weight excluding hydrogens is 262 g/mol. The third kappa shape index (κ3) is 3.28. The van der Waals surface area contributed by atoms with Crippen LogP contribution in [0.25, 0.3) is 11.0 Å². The molecule has 0 saturated heterocycles. The summed E-state index contributed by atoms with van der Waals surface area (Å²) in [7, 11) is 0. The van der Waals surface area contributed by atoms with E-state index in [1.165, 1.54) is 5.56 Å². The first-order valence-corrected chi connectivity index (χ1v) is 6.96. The van der Waals surface area contributed by atoms with Gasteiger partial charge in [0.25, 0.3) is 0 Å². The second-order valence-electron chi connectivity index (χ2n) is 5.18. The number of aromatic hydroxyl groups is 1. The van der Waals surface area contributed by atoms with Crippen LogP contribution in [0.4, 0.5) is 5.69 Å². The third-order valence-electron chi connectivity index (χ3n) is 3.36. The maximum Gasteiger partial charge on any atom is 0.115 e. The zero-order chi connectivity index (χ0) is 14.7. The molecule has 3 aromatic rings. The molecule has 0 saturated carbocycles. The van der Waals surface area contributed by atoms with E-state index in [9.17, 15) is 5.11 Å². The number of rotatable bonds is 4. The van der Waals surface area contributed by atoms with Gasteiger partial charge >= 0.3 is 0 Å². The van der Waals surface area contributed by atoms with E-state index in [1.807, 2.05) is 30.3 Å². The maximum absolute atomic E-state index is 9.30. The molecule has 2 N–H and O–H groups in total. The van der Waals surface area contributed by atoms with Crippen molar-refractivity contribution in [2.45, 2.75) is 19.4 Å². The number of phenolic OH excluding ortho intramolecular Hbond substituents is 1. The first-order chi connectivity index (χ1) is 10.2. The molecular formula is C17H17N3O. The van der Waals surface area contributed by atoms with Gasteiger partial charge in [0.05, 0.1) is 11.0 Å². The third-order valence-corrected chi connectivity index (χ3v) is 3.36. The van der Waals surface area contributed by atoms with Gasteiger partial charge in [0, 0.05) is 24.1 Å². The van der Waals surface area contributed by atoms with Crippen molar-refractivity contribution in [1.29, 1.82) is 0 Å². The molecule has 0 amide bonds. The number of fused-ring (bicyclic) bond motifs is 1. The van der Waals surface area contributed by atoms with Crippen molar-refractivity contribution in [2.75, 3.05) is 5.32 Å². The topological polar surface area (TPSA) is 58.0 Å². The number of nitrogens with one attached hydrogen (secondary N) is 1. The molecule has 0 radical (unpaired) electrons. The molecule has 1 unspecified atom stereocenters. The smallest absolute Gasteiger partial charge is 0.115 e. The molecule has 0 aliphatic rings. The van der Waals surface area contributed by atoms with E-state index in [-0.39, 0.29) is 6.04 Å². The van der Waals surface area contributed by atoms with Gasteiger partial charge < -0.3 is 10.4 Å². The van der Waals surface area contributed by atoms with Crippen molar-refractivity contribution >= 4 is 16.7 Å². The van der Waals surface area contributed by atoms with Crippen LogP contribution >= 0.6 is 0 Å². The highest BCUT2D eigenvalue weighted by molar-refractivity contribution is 5.78. The lowest BCUT2D eigenvalue weighted by Gasteiger charge is -2.15. The molecule has 2 aromatic carbocycles. The Morgan fingerprint density at radius 1 is 1.00 bits per heavy atom. The Morgan fingerprint density at radius 3 is 2.48 bits per heavy atom. The summed E-state index contributed by atoms with van der Waals surface area (Å²) in [6.45, 7) is 2.13. The fourth-order valence-electron chi connectivity index (χ4n) is 2.37. The Hall–Kier alpha value is -2.62. The highest BCUT2D eigenvalue weighted by Crippen LogP contribution is 2.17. The van der Waals surface area contributed by atoms with Crippen LogP contribution in [0.3, 0.4) is 0 Å². The summed E-state index contributed by atoms with van der Waals surface area (Å²) in [5, 5.41) is 12.8. The predicted molar refractivity (Wildman–Crippen MR) is 84.4 cm³/mol. The minimum Gasteiger partial charge on any atom is -0.508 e. The lowest BCUT2D eigenvalue weighted by Crippen LogP contribution is -2.17. The Morgan fingerprint density at radius 2 is 1.71 bits per heavy atom. The zero-order valence-electron chi connectivity index (χ0n) is 11.8. The number of benzene rings is 2. The maximum atomic E-state index is 9.30. The molecule has 1 aromatic heterocycles. The highest BCUT2D eigenvalue weighted by atomic mass is 16.3. The summed E-state index contributed by atoms with van der Waals surface area (Å²) < 4.78 is 0. The summed E-state index contributed by atoms with van der Waals surface area (Å²) in [5.74, 6) is 0.299. The molecule has 4 heteroatoms. The highest BCUT2D eigenvalue weighted by Gasteiger charge is 2.05. The summed E-state index contributed by atoms with van der Waals surface area (Å²) >= 11 is 0. The fraction of sp³-hybridized carbons (Fsp3) is 0.176. The molecule has 4 nitrogen and oxygen atoms in total. The van der Waals surface area contributed by atoms with E-state index >= 15 is 0 Å². The van der Waals surface area contributed by atoms with Gasteiger partial charge in [0.1, 0.15) is 5.75 Å². The first kappa shape index (κ1) is 13.4. The van der Waals surface area contributed by atoms with Crippen LogP contribution in [0, 0.1) is 0 Å². The minimum absolute atomic E-state index is 0.281. The zero-order valence-corrected chi connectivity index (χ0v) is 11.8. The Kier molecular flexibility index (Phi) is 3.69. The van der Waals surface area contributed by atoms with Gasteiger partial charge in [-0.2, -0.15) is 0 Å². The van der Waals surface area contributed by atoms with Crippen molar-refractivity contribution < 1.29 is 5.11 Å². The molecule has 21 heavy (non-hydrogen) atoms. The lowest BCUT2D eigenvalue weighted by molar-refractivity contribution is 0.475. The van der Waals surface area contributed by atoms with Crippen molar-refractivity contribution in [2.24, 2.45) is 0 Å². The van der Waals surface area contributed by atoms with Gasteiger partial charge in [-0.3, -0.25) is 9.97 Å². The summed E-state index contributed by atoms with van der Waals surface area (Å²) in [4.78, 5) is 8.58. The van der Waals surface area contributed by atoms with Gasteiger partial charge in [-0.15, -0.1) is 0 Å². The van der Waals surface area contributed by atoms with Crippen LogP contribution in [-0.4, -0.2) is 21.1 Å². The largest absolute Gasteiger partial charge is 0.508 e. The standard InChI is InChI=1S/C17H17N3O/c1-12(10-13-2-5-15(21)6-3-13)20-14-4-7-16-17(11-14)19-9-8-18-16/h2-9,11-12,20-21H,10H2,1H3. The number of hydrogen-bond donors (Lipinski definition) is 2. The molecule has 1 heterocycles. The normalized spacial score (nSPS) is 12.2. The van der Waals surface area contributed by atoms with Crippen LogP contribution < -0.4 is 5.32 Å². The number of phenols is 1. The predicted octanol–water partition coefficient (Wildman–Crippen LogP) is 3.38. The summed E-state index contributed by atoms with van der Waals surface area (Å²) in [6, 6.07) is 13.6. The van der Waals surface area contributed by atoms with Crippen molar-refractivity contribution in [3.63, 3.8) is 0 Å². The van der Waals surface area contributed by atoms with Crippen molar-refractivity contribution in [1.82, 2.24) is 9.97 Å². The summed E-state index contributed by atoms with van der Waals surface area (Å²) in [5.41, 5.74) is 4.01.